The molecule has 0 aliphatic carbocycles. The van der Waals surface area contributed by atoms with Crippen molar-refractivity contribution in [2.45, 2.75) is 48.0 Å². The van der Waals surface area contributed by atoms with Gasteiger partial charge in [-0.3, -0.25) is 9.98 Å². The number of hydrogen-bond donors (Lipinski definition) is 1. The van der Waals surface area contributed by atoms with Crippen LogP contribution in [0.25, 0.3) is 0 Å². The van der Waals surface area contributed by atoms with Crippen LogP contribution >= 0.6 is 0 Å². The van der Waals surface area contributed by atoms with Crippen LogP contribution in [0, 0.1) is 5.92 Å². The van der Waals surface area contributed by atoms with Gasteiger partial charge in [0.1, 0.15) is 5.71 Å². The number of rotatable bonds is 8. The van der Waals surface area contributed by atoms with Crippen LogP contribution in [0.4, 0.5) is 0 Å². The van der Waals surface area contributed by atoms with E-state index in [0.29, 0.717) is 5.92 Å². The van der Waals surface area contributed by atoms with E-state index in [1.807, 2.05) is 52.1 Å². The summed E-state index contributed by atoms with van der Waals surface area (Å²) in [6.07, 6.45) is 9.44. The predicted molar refractivity (Wildman–Crippen MR) is 134 cm³/mol. The Labute approximate surface area is 189 Å². The summed E-state index contributed by atoms with van der Waals surface area (Å²) < 4.78 is 5.13. The van der Waals surface area contributed by atoms with Gasteiger partial charge in [0.2, 0.25) is 0 Å². The zero-order valence-electron chi connectivity index (χ0n) is 20.6. The summed E-state index contributed by atoms with van der Waals surface area (Å²) in [7, 11) is 4.98. The molecular formula is C26H40N2O3. The summed E-state index contributed by atoms with van der Waals surface area (Å²) in [5.74, 6) is 0.319. The number of hydrogen-bond acceptors (Lipinski definition) is 4. The molecule has 5 nitrogen and oxygen atoms in total. The molecule has 0 fully saturated rings. The first-order chi connectivity index (χ1) is 14.8. The van der Waals surface area contributed by atoms with Gasteiger partial charge in [-0.2, -0.15) is 0 Å². The highest BCUT2D eigenvalue weighted by atomic mass is 16.5. The van der Waals surface area contributed by atoms with Crippen LogP contribution in [0.3, 0.4) is 0 Å². The SMILES string of the molecule is CC.CC/C(=C\C(=NC)c1ccccc1)C(C)/C=C\C=C(/C)OC.CN=C(C)C(=O)O. The highest BCUT2D eigenvalue weighted by molar-refractivity contribution is 6.34. The van der Waals surface area contributed by atoms with E-state index in [4.69, 9.17) is 9.84 Å². The minimum absolute atomic E-state index is 0.139. The lowest BCUT2D eigenvalue weighted by molar-refractivity contribution is -0.129. The Kier molecular flexibility index (Phi) is 18.6. The van der Waals surface area contributed by atoms with Crippen molar-refractivity contribution in [3.05, 3.63) is 71.5 Å². The Morgan fingerprint density at radius 1 is 1.13 bits per heavy atom. The van der Waals surface area contributed by atoms with E-state index in [2.05, 4.69) is 54.2 Å². The van der Waals surface area contributed by atoms with E-state index >= 15 is 0 Å². The van der Waals surface area contributed by atoms with Crippen LogP contribution in [0.5, 0.6) is 0 Å². The standard InChI is InChI=1S/C20H27NO.C4H7NO2.C2H6/c1-6-18(16(2)11-10-12-17(3)22-5)15-20(21-4)19-13-8-7-9-14-19;1-3(5-2)4(6)7;1-2/h7-16H,6H2,1-5H3;1-2H3,(H,6,7);1-2H3/b11-10-,17-12+,18-15+,21-20?;;. The molecule has 1 rings (SSSR count). The molecule has 172 valence electrons. The normalized spacial score (nSPS) is 13.6. The van der Waals surface area contributed by atoms with Crippen molar-refractivity contribution in [1.29, 1.82) is 0 Å². The lowest BCUT2D eigenvalue weighted by atomic mass is 9.95. The summed E-state index contributed by atoms with van der Waals surface area (Å²) in [6.45, 7) is 11.8. The monoisotopic (exact) mass is 428 g/mol. The average molecular weight is 429 g/mol. The van der Waals surface area contributed by atoms with Crippen molar-refractivity contribution < 1.29 is 14.6 Å². The third-order valence-electron chi connectivity index (χ3n) is 4.32. The van der Waals surface area contributed by atoms with Crippen LogP contribution in [-0.4, -0.2) is 43.7 Å². The van der Waals surface area contributed by atoms with Crippen LogP contribution < -0.4 is 0 Å². The number of allylic oxidation sites excluding steroid dienone is 6. The molecule has 1 atom stereocenters. The Bertz CT molecular complexity index is 773. The summed E-state index contributed by atoms with van der Waals surface area (Å²) in [5.41, 5.74) is 3.69. The molecule has 1 N–H and O–H groups in total. The van der Waals surface area contributed by atoms with Gasteiger partial charge in [0.05, 0.1) is 18.6 Å². The second-order valence-corrected chi connectivity index (χ2v) is 6.32. The quantitative estimate of drug-likeness (QED) is 0.297. The summed E-state index contributed by atoms with van der Waals surface area (Å²) >= 11 is 0. The van der Waals surface area contributed by atoms with Gasteiger partial charge in [0, 0.05) is 14.1 Å². The fourth-order valence-electron chi connectivity index (χ4n) is 2.26. The van der Waals surface area contributed by atoms with Gasteiger partial charge < -0.3 is 9.84 Å². The number of aliphatic carboxylic acids is 1. The number of aliphatic imine (C=N–C) groups is 2. The van der Waals surface area contributed by atoms with E-state index in [9.17, 15) is 4.79 Å². The molecule has 0 bridgehead atoms. The molecule has 0 amide bonds. The van der Waals surface area contributed by atoms with Gasteiger partial charge in [0.25, 0.3) is 0 Å². The molecule has 0 aromatic heterocycles. The molecule has 31 heavy (non-hydrogen) atoms. The molecule has 0 aliphatic rings. The highest BCUT2D eigenvalue weighted by Gasteiger charge is 2.06. The van der Waals surface area contributed by atoms with Gasteiger partial charge in [-0.15, -0.1) is 0 Å². The zero-order chi connectivity index (χ0) is 24.2. The first-order valence-electron chi connectivity index (χ1n) is 10.6. The number of nitrogens with zero attached hydrogens (tertiary/aromatic N) is 2. The number of ether oxygens (including phenoxy) is 1. The predicted octanol–water partition coefficient (Wildman–Crippen LogP) is 6.37. The maximum absolute atomic E-state index is 9.80. The minimum Gasteiger partial charge on any atom is -0.501 e. The molecule has 5 heteroatoms. The maximum atomic E-state index is 9.80. The van der Waals surface area contributed by atoms with Crippen LogP contribution in [0.2, 0.25) is 0 Å². The summed E-state index contributed by atoms with van der Waals surface area (Å²) in [4.78, 5) is 17.6. The van der Waals surface area contributed by atoms with Crippen LogP contribution in [0.1, 0.15) is 53.5 Å². The zero-order valence-corrected chi connectivity index (χ0v) is 20.6. The van der Waals surface area contributed by atoms with Gasteiger partial charge in [-0.1, -0.05) is 75.8 Å². The number of carboxylic acid groups (broad SMARTS) is 1. The van der Waals surface area contributed by atoms with Gasteiger partial charge in [-0.25, -0.2) is 4.79 Å². The molecule has 0 aliphatic heterocycles. The van der Waals surface area contributed by atoms with Gasteiger partial charge >= 0.3 is 5.97 Å². The highest BCUT2D eigenvalue weighted by Crippen LogP contribution is 2.18. The van der Waals surface area contributed by atoms with E-state index in [0.717, 1.165) is 23.5 Å². The number of benzene rings is 1. The molecule has 1 unspecified atom stereocenters. The Hall–Kier alpha value is -2.95. The Morgan fingerprint density at radius 2 is 1.71 bits per heavy atom. The van der Waals surface area contributed by atoms with E-state index in [-0.39, 0.29) is 5.71 Å². The lowest BCUT2D eigenvalue weighted by Crippen LogP contribution is -2.06. The number of methoxy groups -OCH3 is 1. The van der Waals surface area contributed by atoms with E-state index in [1.54, 1.807) is 7.11 Å². The fraction of sp³-hybridized carbons (Fsp3) is 0.423. The third kappa shape index (κ3) is 13.8. The molecule has 1 aromatic rings. The van der Waals surface area contributed by atoms with Gasteiger partial charge in [-0.05, 0) is 43.9 Å². The van der Waals surface area contributed by atoms with Gasteiger partial charge in [0.15, 0.2) is 0 Å². The first kappa shape index (κ1) is 30.2. The molecule has 1 aromatic carbocycles. The summed E-state index contributed by atoms with van der Waals surface area (Å²) in [5, 5.41) is 8.05. The van der Waals surface area contributed by atoms with E-state index in [1.165, 1.54) is 19.5 Å². The van der Waals surface area contributed by atoms with Crippen molar-refractivity contribution in [3.63, 3.8) is 0 Å². The second kappa shape index (κ2) is 19.0. The summed E-state index contributed by atoms with van der Waals surface area (Å²) in [6, 6.07) is 10.3. The fourth-order valence-corrected chi connectivity index (χ4v) is 2.26. The smallest absolute Gasteiger partial charge is 0.349 e. The van der Waals surface area contributed by atoms with Crippen LogP contribution in [0.15, 0.2) is 76.0 Å². The number of carbonyl (C=O) groups is 1. The minimum atomic E-state index is -0.956. The van der Waals surface area contributed by atoms with Crippen molar-refractivity contribution in [1.82, 2.24) is 0 Å². The van der Waals surface area contributed by atoms with Crippen molar-refractivity contribution in [2.75, 3.05) is 21.2 Å². The molecule has 0 heterocycles. The molecule has 0 spiro atoms. The molecule has 0 saturated heterocycles. The van der Waals surface area contributed by atoms with Crippen molar-refractivity contribution in [3.8, 4) is 0 Å². The molecular weight excluding hydrogens is 388 g/mol. The first-order valence-corrected chi connectivity index (χ1v) is 10.6. The third-order valence-corrected chi connectivity index (χ3v) is 4.32. The number of carboxylic acids is 1. The molecule has 0 radical (unpaired) electrons. The Balaban J connectivity index is 0. The Morgan fingerprint density at radius 3 is 2.10 bits per heavy atom. The van der Waals surface area contributed by atoms with Crippen molar-refractivity contribution >= 4 is 17.4 Å². The lowest BCUT2D eigenvalue weighted by Gasteiger charge is -2.11. The maximum Gasteiger partial charge on any atom is 0.349 e. The topological polar surface area (TPSA) is 71.2 Å². The largest absolute Gasteiger partial charge is 0.501 e. The van der Waals surface area contributed by atoms with Crippen molar-refractivity contribution in [2.24, 2.45) is 15.9 Å². The average Bonchev–Trinajstić information content (AvgIpc) is 2.81. The molecule has 0 saturated carbocycles. The van der Waals surface area contributed by atoms with E-state index < -0.39 is 5.97 Å². The second-order valence-electron chi connectivity index (χ2n) is 6.32. The van der Waals surface area contributed by atoms with Crippen LogP contribution in [-0.2, 0) is 9.53 Å².